The van der Waals surface area contributed by atoms with Gasteiger partial charge in [-0.05, 0) is 36.6 Å². The van der Waals surface area contributed by atoms with E-state index in [1.165, 1.54) is 12.0 Å². The van der Waals surface area contributed by atoms with Crippen molar-refractivity contribution < 1.29 is 4.74 Å². The van der Waals surface area contributed by atoms with Gasteiger partial charge in [-0.25, -0.2) is 0 Å². The smallest absolute Gasteiger partial charge is 0.123 e. The van der Waals surface area contributed by atoms with Crippen molar-refractivity contribution in [2.24, 2.45) is 5.92 Å². The van der Waals surface area contributed by atoms with Gasteiger partial charge in [-0.2, -0.15) is 0 Å². The van der Waals surface area contributed by atoms with Crippen molar-refractivity contribution in [2.45, 2.75) is 45.8 Å². The second kappa shape index (κ2) is 6.07. The van der Waals surface area contributed by atoms with Crippen LogP contribution in [0.4, 0.5) is 0 Å². The Morgan fingerprint density at radius 1 is 1.44 bits per heavy atom. The number of hydrogen-bond acceptors (Lipinski definition) is 2. The van der Waals surface area contributed by atoms with Crippen molar-refractivity contribution in [3.63, 3.8) is 0 Å². The highest BCUT2D eigenvalue weighted by Crippen LogP contribution is 2.31. The first-order chi connectivity index (χ1) is 8.60. The van der Waals surface area contributed by atoms with Gasteiger partial charge in [-0.3, -0.25) is 0 Å². The van der Waals surface area contributed by atoms with Crippen molar-refractivity contribution >= 4 is 15.9 Å². The molecule has 1 N–H and O–H groups in total. The summed E-state index contributed by atoms with van der Waals surface area (Å²) in [5.74, 6) is 1.75. The molecular weight excluding hydrogens is 290 g/mol. The molecule has 0 saturated carbocycles. The van der Waals surface area contributed by atoms with Gasteiger partial charge in [0, 0.05) is 23.5 Å². The molecule has 0 amide bonds. The lowest BCUT2D eigenvalue weighted by Gasteiger charge is -2.22. The highest BCUT2D eigenvalue weighted by atomic mass is 79.9. The van der Waals surface area contributed by atoms with Gasteiger partial charge in [0.25, 0.3) is 0 Å². The van der Waals surface area contributed by atoms with Crippen LogP contribution in [0.25, 0.3) is 0 Å². The highest BCUT2D eigenvalue weighted by molar-refractivity contribution is 9.10. The fraction of sp³-hybridized carbons (Fsp3) is 0.600. The molecule has 1 aliphatic rings. The monoisotopic (exact) mass is 311 g/mol. The third-order valence-corrected chi connectivity index (χ3v) is 4.42. The number of benzene rings is 1. The van der Waals surface area contributed by atoms with Crippen molar-refractivity contribution in [1.82, 2.24) is 5.32 Å². The second-order valence-corrected chi connectivity index (χ2v) is 6.19. The quantitative estimate of drug-likeness (QED) is 0.893. The van der Waals surface area contributed by atoms with Gasteiger partial charge < -0.3 is 10.1 Å². The molecule has 100 valence electrons. The van der Waals surface area contributed by atoms with Gasteiger partial charge >= 0.3 is 0 Å². The van der Waals surface area contributed by atoms with Gasteiger partial charge in [0.2, 0.25) is 0 Å². The van der Waals surface area contributed by atoms with Gasteiger partial charge in [-0.15, -0.1) is 0 Å². The number of rotatable bonds is 5. The van der Waals surface area contributed by atoms with Crippen LogP contribution in [0.5, 0.6) is 5.75 Å². The Bertz CT molecular complexity index is 407. The number of hydrogen-bond donors (Lipinski definition) is 1. The van der Waals surface area contributed by atoms with E-state index in [1.54, 1.807) is 0 Å². The predicted octanol–water partition coefficient (Wildman–Crippen LogP) is 3.78. The van der Waals surface area contributed by atoms with Crippen LogP contribution < -0.4 is 10.1 Å². The molecule has 1 aromatic carbocycles. The topological polar surface area (TPSA) is 21.3 Å². The molecule has 0 bridgehead atoms. The Labute approximate surface area is 118 Å². The highest BCUT2D eigenvalue weighted by Gasteiger charge is 2.23. The van der Waals surface area contributed by atoms with Crippen LogP contribution in [0.1, 0.15) is 32.8 Å². The molecule has 3 heteroatoms. The maximum absolute atomic E-state index is 5.94. The predicted molar refractivity (Wildman–Crippen MR) is 79.2 cm³/mol. The summed E-state index contributed by atoms with van der Waals surface area (Å²) in [5.41, 5.74) is 1.31. The average molecular weight is 312 g/mol. The molecule has 0 aliphatic carbocycles. The number of nitrogens with one attached hydrogen (secondary N) is 1. The second-order valence-electron chi connectivity index (χ2n) is 5.28. The zero-order valence-corrected chi connectivity index (χ0v) is 13.0. The zero-order valence-electron chi connectivity index (χ0n) is 11.4. The third-order valence-electron chi connectivity index (χ3n) is 3.93. The van der Waals surface area contributed by atoms with E-state index in [4.69, 9.17) is 4.74 Å². The van der Waals surface area contributed by atoms with Crippen LogP contribution in [0, 0.1) is 5.92 Å². The summed E-state index contributed by atoms with van der Waals surface area (Å²) in [7, 11) is 0. The minimum absolute atomic E-state index is 0.279. The summed E-state index contributed by atoms with van der Waals surface area (Å²) >= 11 is 3.50. The first-order valence-electron chi connectivity index (χ1n) is 6.78. The Kier molecular flexibility index (Phi) is 4.68. The van der Waals surface area contributed by atoms with E-state index in [-0.39, 0.29) is 6.10 Å². The summed E-state index contributed by atoms with van der Waals surface area (Å²) in [5, 5.41) is 3.59. The average Bonchev–Trinajstić information content (AvgIpc) is 2.76. The van der Waals surface area contributed by atoms with Crippen LogP contribution in [-0.4, -0.2) is 18.7 Å². The molecular formula is C15H22BrNO. The van der Waals surface area contributed by atoms with Crippen molar-refractivity contribution in [3.8, 4) is 5.75 Å². The Morgan fingerprint density at radius 2 is 2.22 bits per heavy atom. The maximum Gasteiger partial charge on any atom is 0.123 e. The normalized spacial score (nSPS) is 21.2. The summed E-state index contributed by atoms with van der Waals surface area (Å²) in [6, 6.07) is 6.80. The molecule has 1 aromatic rings. The molecule has 2 rings (SSSR count). The minimum Gasteiger partial charge on any atom is -0.488 e. The van der Waals surface area contributed by atoms with E-state index in [0.717, 1.165) is 23.2 Å². The molecule has 0 aromatic heterocycles. The molecule has 18 heavy (non-hydrogen) atoms. The summed E-state index contributed by atoms with van der Waals surface area (Å²) < 4.78 is 7.07. The van der Waals surface area contributed by atoms with Crippen molar-refractivity contribution in [3.05, 3.63) is 28.2 Å². The van der Waals surface area contributed by atoms with Crippen molar-refractivity contribution in [2.75, 3.05) is 6.54 Å². The van der Waals surface area contributed by atoms with Crippen LogP contribution in [0.3, 0.4) is 0 Å². The van der Waals surface area contributed by atoms with Crippen molar-refractivity contribution in [1.29, 1.82) is 0 Å². The standard InChI is InChI=1S/C15H22BrNO/c1-4-10(2)11(3)17-9-14-8-12-7-13(16)5-6-15(12)18-14/h5-7,10-11,14,17H,4,8-9H2,1-3H3. The molecule has 2 nitrogen and oxygen atoms in total. The van der Waals surface area contributed by atoms with Crippen LogP contribution in [0.2, 0.25) is 0 Å². The summed E-state index contributed by atoms with van der Waals surface area (Å²) in [6.45, 7) is 7.71. The molecule has 0 saturated heterocycles. The fourth-order valence-electron chi connectivity index (χ4n) is 2.27. The van der Waals surface area contributed by atoms with E-state index in [9.17, 15) is 0 Å². The fourth-order valence-corrected chi connectivity index (χ4v) is 2.68. The largest absolute Gasteiger partial charge is 0.488 e. The molecule has 0 radical (unpaired) electrons. The zero-order chi connectivity index (χ0) is 13.1. The van der Waals surface area contributed by atoms with Gasteiger partial charge in [-0.1, -0.05) is 36.2 Å². The van der Waals surface area contributed by atoms with E-state index in [0.29, 0.717) is 12.0 Å². The van der Waals surface area contributed by atoms with Crippen LogP contribution in [0.15, 0.2) is 22.7 Å². The first-order valence-corrected chi connectivity index (χ1v) is 7.58. The molecule has 1 heterocycles. The molecule has 3 atom stereocenters. The minimum atomic E-state index is 0.279. The lowest BCUT2D eigenvalue weighted by Crippen LogP contribution is -2.39. The number of halogens is 1. The molecule has 0 spiro atoms. The summed E-state index contributed by atoms with van der Waals surface area (Å²) in [6.07, 6.45) is 2.50. The Morgan fingerprint density at radius 3 is 2.94 bits per heavy atom. The first kappa shape index (κ1) is 13.9. The molecule has 0 fully saturated rings. The summed E-state index contributed by atoms with van der Waals surface area (Å²) in [4.78, 5) is 0. The lowest BCUT2D eigenvalue weighted by atomic mass is 10.0. The molecule has 3 unspecified atom stereocenters. The van der Waals surface area contributed by atoms with E-state index in [1.807, 2.05) is 6.07 Å². The number of fused-ring (bicyclic) bond motifs is 1. The molecule has 1 aliphatic heterocycles. The van der Waals surface area contributed by atoms with Gasteiger partial charge in [0.1, 0.15) is 11.9 Å². The van der Waals surface area contributed by atoms with Gasteiger partial charge in [0.15, 0.2) is 0 Å². The Balaban J connectivity index is 1.85. The van der Waals surface area contributed by atoms with Crippen LogP contribution >= 0.6 is 15.9 Å². The maximum atomic E-state index is 5.94. The number of ether oxygens (including phenoxy) is 1. The van der Waals surface area contributed by atoms with E-state index >= 15 is 0 Å². The van der Waals surface area contributed by atoms with Gasteiger partial charge in [0.05, 0.1) is 0 Å². The lowest BCUT2D eigenvalue weighted by molar-refractivity contribution is 0.215. The Hall–Kier alpha value is -0.540. The van der Waals surface area contributed by atoms with Crippen LogP contribution in [-0.2, 0) is 6.42 Å². The van der Waals surface area contributed by atoms with E-state index in [2.05, 4.69) is 54.2 Å². The SMILES string of the molecule is CCC(C)C(C)NCC1Cc2cc(Br)ccc2O1. The van der Waals surface area contributed by atoms with E-state index < -0.39 is 0 Å². The third kappa shape index (κ3) is 3.27.